The van der Waals surface area contributed by atoms with E-state index in [0.29, 0.717) is 45.6 Å². The van der Waals surface area contributed by atoms with Crippen LogP contribution in [0, 0.1) is 5.92 Å². The van der Waals surface area contributed by atoms with Gasteiger partial charge in [0.2, 0.25) is 18.3 Å². The molecule has 0 saturated carbocycles. The average Bonchev–Trinajstić information content (AvgIpc) is 3.21. The summed E-state index contributed by atoms with van der Waals surface area (Å²) >= 11 is 0. The van der Waals surface area contributed by atoms with E-state index in [1.165, 1.54) is 27.4 Å². The Morgan fingerprint density at radius 3 is 2.25 bits per heavy atom. The highest BCUT2D eigenvalue weighted by atomic mass is 16.7. The predicted octanol–water partition coefficient (Wildman–Crippen LogP) is 2.73. The molecule has 3 aliphatic heterocycles. The molecule has 0 bridgehead atoms. The van der Waals surface area contributed by atoms with Gasteiger partial charge in [0.1, 0.15) is 17.4 Å². The molecule has 32 heavy (non-hydrogen) atoms. The number of carbonyl (C=O) groups excluding carboxylic acids is 1. The van der Waals surface area contributed by atoms with E-state index >= 15 is 0 Å². The van der Waals surface area contributed by atoms with Crippen LogP contribution in [0.4, 0.5) is 0 Å². The van der Waals surface area contributed by atoms with Crippen LogP contribution in [0.2, 0.25) is 0 Å². The van der Waals surface area contributed by atoms with Crippen molar-refractivity contribution in [1.29, 1.82) is 0 Å². The number of ether oxygens (including phenoxy) is 7. The van der Waals surface area contributed by atoms with E-state index in [9.17, 15) is 9.90 Å². The number of carbonyl (C=O) groups is 1. The number of esters is 1. The van der Waals surface area contributed by atoms with Crippen LogP contribution in [0.15, 0.2) is 36.1 Å². The summed E-state index contributed by atoms with van der Waals surface area (Å²) in [6.07, 6.45) is 1.40. The van der Waals surface area contributed by atoms with Crippen LogP contribution in [0.25, 0.3) is 0 Å². The van der Waals surface area contributed by atoms with Crippen LogP contribution < -0.4 is 28.4 Å². The summed E-state index contributed by atoms with van der Waals surface area (Å²) in [5, 5.41) is 11.5. The Morgan fingerprint density at radius 1 is 0.969 bits per heavy atom. The first-order valence-corrected chi connectivity index (χ1v) is 9.94. The van der Waals surface area contributed by atoms with Crippen molar-refractivity contribution in [3.63, 3.8) is 0 Å². The van der Waals surface area contributed by atoms with E-state index in [4.69, 9.17) is 33.2 Å². The highest BCUT2D eigenvalue weighted by molar-refractivity contribution is 5.80. The molecule has 0 spiro atoms. The van der Waals surface area contributed by atoms with Gasteiger partial charge in [0, 0.05) is 23.6 Å². The first kappa shape index (κ1) is 20.3. The fourth-order valence-electron chi connectivity index (χ4n) is 4.55. The molecule has 5 rings (SSSR count). The smallest absolute Gasteiger partial charge is 0.322 e. The summed E-state index contributed by atoms with van der Waals surface area (Å²) in [5.41, 5.74) is 1.26. The average molecular weight is 442 g/mol. The van der Waals surface area contributed by atoms with Gasteiger partial charge in [0.15, 0.2) is 23.0 Å². The van der Waals surface area contributed by atoms with Crippen molar-refractivity contribution < 1.29 is 43.1 Å². The van der Waals surface area contributed by atoms with Gasteiger partial charge in [-0.25, -0.2) is 0 Å². The fraction of sp³-hybridized carbons (Fsp3) is 0.348. The molecule has 168 valence electrons. The van der Waals surface area contributed by atoms with Gasteiger partial charge in [-0.15, -0.1) is 0 Å². The predicted molar refractivity (Wildman–Crippen MR) is 109 cm³/mol. The van der Waals surface area contributed by atoms with Gasteiger partial charge in [0.05, 0.1) is 21.3 Å². The lowest BCUT2D eigenvalue weighted by Crippen LogP contribution is -2.54. The van der Waals surface area contributed by atoms with Gasteiger partial charge in [-0.2, -0.15) is 0 Å². The number of methoxy groups -OCH3 is 3. The number of hydrogen-bond acceptors (Lipinski definition) is 9. The van der Waals surface area contributed by atoms with E-state index in [-0.39, 0.29) is 12.6 Å². The molecule has 0 unspecified atom stereocenters. The van der Waals surface area contributed by atoms with Crippen LogP contribution in [-0.4, -0.2) is 45.0 Å². The molecule has 9 heteroatoms. The number of benzene rings is 2. The molecule has 0 amide bonds. The Labute approximate surface area is 184 Å². The van der Waals surface area contributed by atoms with Crippen molar-refractivity contribution >= 4 is 5.97 Å². The Hall–Kier alpha value is -3.59. The first-order chi connectivity index (χ1) is 15.4. The summed E-state index contributed by atoms with van der Waals surface area (Å²) in [7, 11) is 4.53. The number of hydrogen-bond donors (Lipinski definition) is 1. The van der Waals surface area contributed by atoms with E-state index in [2.05, 4.69) is 0 Å². The van der Waals surface area contributed by atoms with Gasteiger partial charge in [-0.05, 0) is 30.7 Å². The zero-order chi connectivity index (χ0) is 22.6. The first-order valence-electron chi connectivity index (χ1n) is 9.94. The van der Waals surface area contributed by atoms with Crippen molar-refractivity contribution in [3.05, 3.63) is 47.2 Å². The maximum absolute atomic E-state index is 13.1. The van der Waals surface area contributed by atoms with Crippen molar-refractivity contribution in [1.82, 2.24) is 0 Å². The molecular formula is C23H22O9. The summed E-state index contributed by atoms with van der Waals surface area (Å²) in [5.74, 6) is -1.45. The fourth-order valence-corrected chi connectivity index (χ4v) is 4.55. The zero-order valence-electron chi connectivity index (χ0n) is 18.0. The molecule has 3 aliphatic rings. The second-order valence-electron chi connectivity index (χ2n) is 7.69. The summed E-state index contributed by atoms with van der Waals surface area (Å²) in [6.45, 7) is 1.65. The molecule has 9 nitrogen and oxygen atoms in total. The van der Waals surface area contributed by atoms with Crippen molar-refractivity contribution in [2.75, 3.05) is 28.1 Å². The maximum Gasteiger partial charge on any atom is 0.322 e. The SMILES string of the molecule is COc1cc([C@@H]2c3cc4c(cc3O[C@@]3(O)C=C(C)OC(=O)[C@@H]23)OCO4)cc(OC)c1OC. The minimum absolute atomic E-state index is 0.0713. The Bertz CT molecular complexity index is 1110. The summed E-state index contributed by atoms with van der Waals surface area (Å²) in [6, 6.07) is 6.89. The third-order valence-corrected chi connectivity index (χ3v) is 5.86. The molecule has 0 fully saturated rings. The highest BCUT2D eigenvalue weighted by Crippen LogP contribution is 2.55. The van der Waals surface area contributed by atoms with E-state index < -0.39 is 23.6 Å². The lowest BCUT2D eigenvalue weighted by Gasteiger charge is -2.44. The quantitative estimate of drug-likeness (QED) is 0.716. The molecule has 3 atom stereocenters. The van der Waals surface area contributed by atoms with Gasteiger partial charge in [-0.3, -0.25) is 4.79 Å². The van der Waals surface area contributed by atoms with Crippen molar-refractivity contribution in [2.24, 2.45) is 5.92 Å². The molecule has 0 aromatic heterocycles. The Kier molecular flexibility index (Phi) is 4.59. The van der Waals surface area contributed by atoms with Gasteiger partial charge >= 0.3 is 5.97 Å². The minimum atomic E-state index is -1.93. The van der Waals surface area contributed by atoms with Gasteiger partial charge in [-0.1, -0.05) is 0 Å². The molecule has 1 N–H and O–H groups in total. The number of cyclic esters (lactones) is 1. The van der Waals surface area contributed by atoms with E-state index in [1.54, 1.807) is 31.2 Å². The second-order valence-corrected chi connectivity index (χ2v) is 7.69. The molecular weight excluding hydrogens is 420 g/mol. The lowest BCUT2D eigenvalue weighted by atomic mass is 9.73. The van der Waals surface area contributed by atoms with Gasteiger partial charge in [0.25, 0.3) is 0 Å². The van der Waals surface area contributed by atoms with Crippen LogP contribution in [0.5, 0.6) is 34.5 Å². The molecule has 3 heterocycles. The number of rotatable bonds is 4. The van der Waals surface area contributed by atoms with Crippen LogP contribution >= 0.6 is 0 Å². The molecule has 0 aliphatic carbocycles. The number of allylic oxidation sites excluding steroid dienone is 1. The van der Waals surface area contributed by atoms with Crippen molar-refractivity contribution in [3.8, 4) is 34.5 Å². The largest absolute Gasteiger partial charge is 0.493 e. The monoisotopic (exact) mass is 442 g/mol. The summed E-state index contributed by atoms with van der Waals surface area (Å²) in [4.78, 5) is 13.1. The minimum Gasteiger partial charge on any atom is -0.493 e. The molecule has 2 aromatic carbocycles. The van der Waals surface area contributed by atoms with Crippen LogP contribution in [-0.2, 0) is 9.53 Å². The van der Waals surface area contributed by atoms with Crippen LogP contribution in [0.3, 0.4) is 0 Å². The Balaban J connectivity index is 1.77. The Morgan fingerprint density at radius 2 is 1.62 bits per heavy atom. The highest BCUT2D eigenvalue weighted by Gasteiger charge is 2.56. The second kappa shape index (κ2) is 7.23. The molecule has 0 radical (unpaired) electrons. The third-order valence-electron chi connectivity index (χ3n) is 5.86. The van der Waals surface area contributed by atoms with Crippen LogP contribution in [0.1, 0.15) is 24.0 Å². The topological polar surface area (TPSA) is 102 Å². The lowest BCUT2D eigenvalue weighted by molar-refractivity contribution is -0.191. The number of aliphatic hydroxyl groups is 1. The van der Waals surface area contributed by atoms with Gasteiger partial charge < -0.3 is 38.3 Å². The normalized spacial score (nSPS) is 25.0. The van der Waals surface area contributed by atoms with Crippen molar-refractivity contribution in [2.45, 2.75) is 18.6 Å². The summed E-state index contributed by atoms with van der Waals surface area (Å²) < 4.78 is 38.8. The standard InChI is InChI=1S/C23H22O9/c1-11-9-23(25)20(22(24)31-11)19(12-5-17(26-2)21(28-4)18(6-12)27-3)13-7-15-16(30-10-29-15)8-14(13)32-23/h5-9,19-20,25H,10H2,1-4H3/t19-,20-,23+/m1/s1. The molecule has 0 saturated heterocycles. The molecule has 2 aromatic rings. The van der Waals surface area contributed by atoms with E-state index in [1.807, 2.05) is 0 Å². The van der Waals surface area contributed by atoms with E-state index in [0.717, 1.165) is 0 Å². The maximum atomic E-state index is 13.1. The zero-order valence-corrected chi connectivity index (χ0v) is 18.0. The third kappa shape index (κ3) is 2.92. The number of fused-ring (bicyclic) bond motifs is 3.